The summed E-state index contributed by atoms with van der Waals surface area (Å²) in [5.74, 6) is -1.22. The lowest BCUT2D eigenvalue weighted by atomic mass is 10.1. The molecule has 6 heteroatoms. The summed E-state index contributed by atoms with van der Waals surface area (Å²) in [6.45, 7) is 1.31. The van der Waals surface area contributed by atoms with Crippen molar-refractivity contribution in [3.63, 3.8) is 0 Å². The Morgan fingerprint density at radius 2 is 2.04 bits per heavy atom. The normalized spacial score (nSPS) is 12.8. The molecule has 1 aliphatic heterocycles. The molecule has 2 N–H and O–H groups in total. The second kappa shape index (κ2) is 7.36. The van der Waals surface area contributed by atoms with Gasteiger partial charge in [0.2, 0.25) is 5.91 Å². The van der Waals surface area contributed by atoms with E-state index in [4.69, 9.17) is 4.74 Å². The van der Waals surface area contributed by atoms with Crippen LogP contribution in [0.15, 0.2) is 42.5 Å². The lowest BCUT2D eigenvalue weighted by Gasteiger charge is -2.19. The standard InChI is InChI=1S/C19H20N2O4/c1-25-12-13-8-15(19(23)24)10-16(9-13)20-18(22)11-21-7-6-14-4-2-3-5-17(14)21/h2-5,8-10H,6-7,11-12H2,1H3,(H,20,22)(H,23,24). The van der Waals surface area contributed by atoms with Gasteiger partial charge in [-0.25, -0.2) is 4.79 Å². The number of carboxylic acid groups (broad SMARTS) is 1. The summed E-state index contributed by atoms with van der Waals surface area (Å²) >= 11 is 0. The average Bonchev–Trinajstić information content (AvgIpc) is 2.98. The van der Waals surface area contributed by atoms with Crippen molar-refractivity contribution in [3.8, 4) is 0 Å². The van der Waals surface area contributed by atoms with Crippen LogP contribution in [0.4, 0.5) is 11.4 Å². The number of anilines is 2. The summed E-state index contributed by atoms with van der Waals surface area (Å²) in [5, 5.41) is 12.0. The van der Waals surface area contributed by atoms with Crippen LogP contribution in [0.5, 0.6) is 0 Å². The number of benzene rings is 2. The second-order valence-corrected chi connectivity index (χ2v) is 6.01. The van der Waals surface area contributed by atoms with Gasteiger partial charge in [-0.3, -0.25) is 4.79 Å². The van der Waals surface area contributed by atoms with E-state index in [1.807, 2.05) is 23.1 Å². The molecule has 6 nitrogen and oxygen atoms in total. The molecule has 1 heterocycles. The average molecular weight is 340 g/mol. The van der Waals surface area contributed by atoms with Crippen LogP contribution in [0, 0.1) is 0 Å². The summed E-state index contributed by atoms with van der Waals surface area (Å²) in [7, 11) is 1.54. The molecule has 0 atom stereocenters. The third-order valence-corrected chi connectivity index (χ3v) is 4.15. The van der Waals surface area contributed by atoms with Crippen LogP contribution in [0.3, 0.4) is 0 Å². The highest BCUT2D eigenvalue weighted by Crippen LogP contribution is 2.27. The third-order valence-electron chi connectivity index (χ3n) is 4.15. The molecule has 2 aromatic carbocycles. The van der Waals surface area contributed by atoms with Crippen molar-refractivity contribution in [1.29, 1.82) is 0 Å². The number of methoxy groups -OCH3 is 1. The number of rotatable bonds is 6. The van der Waals surface area contributed by atoms with Crippen molar-refractivity contribution in [2.24, 2.45) is 0 Å². The Morgan fingerprint density at radius 1 is 1.24 bits per heavy atom. The van der Waals surface area contributed by atoms with Gasteiger partial charge in [0.05, 0.1) is 18.7 Å². The molecule has 0 saturated carbocycles. The van der Waals surface area contributed by atoms with Gasteiger partial charge in [-0.1, -0.05) is 18.2 Å². The molecule has 0 bridgehead atoms. The molecule has 0 unspecified atom stereocenters. The van der Waals surface area contributed by atoms with E-state index < -0.39 is 5.97 Å². The molecule has 0 spiro atoms. The van der Waals surface area contributed by atoms with Crippen LogP contribution in [0.1, 0.15) is 21.5 Å². The number of nitrogens with zero attached hydrogens (tertiary/aromatic N) is 1. The van der Waals surface area contributed by atoms with Gasteiger partial charge in [0.25, 0.3) is 0 Å². The fourth-order valence-corrected chi connectivity index (χ4v) is 3.08. The van der Waals surface area contributed by atoms with Gasteiger partial charge in [0.15, 0.2) is 0 Å². The molecule has 0 fully saturated rings. The molecule has 1 amide bonds. The number of ether oxygens (including phenoxy) is 1. The number of carboxylic acids is 1. The number of carbonyl (C=O) groups excluding carboxylic acids is 1. The first-order valence-electron chi connectivity index (χ1n) is 8.05. The van der Waals surface area contributed by atoms with Crippen molar-refractivity contribution < 1.29 is 19.4 Å². The van der Waals surface area contributed by atoms with Crippen LogP contribution in [-0.2, 0) is 22.6 Å². The minimum Gasteiger partial charge on any atom is -0.478 e. The molecule has 3 rings (SSSR count). The van der Waals surface area contributed by atoms with Crippen LogP contribution < -0.4 is 10.2 Å². The van der Waals surface area contributed by atoms with Crippen LogP contribution in [-0.4, -0.2) is 37.2 Å². The van der Waals surface area contributed by atoms with Gasteiger partial charge in [0.1, 0.15) is 0 Å². The molecular formula is C19H20N2O4. The largest absolute Gasteiger partial charge is 0.478 e. The molecule has 0 saturated heterocycles. The predicted octanol–water partition coefficient (Wildman–Crippen LogP) is 2.53. The Labute approximate surface area is 146 Å². The maximum absolute atomic E-state index is 12.4. The van der Waals surface area contributed by atoms with E-state index in [9.17, 15) is 14.7 Å². The van der Waals surface area contributed by atoms with Gasteiger partial charge < -0.3 is 20.1 Å². The van der Waals surface area contributed by atoms with Crippen LogP contribution in [0.2, 0.25) is 0 Å². The zero-order chi connectivity index (χ0) is 17.8. The van der Waals surface area contributed by atoms with E-state index in [-0.39, 0.29) is 24.6 Å². The Hall–Kier alpha value is -2.86. The fraction of sp³-hybridized carbons (Fsp3) is 0.263. The number of nitrogens with one attached hydrogen (secondary N) is 1. The lowest BCUT2D eigenvalue weighted by molar-refractivity contribution is -0.115. The molecule has 0 aromatic heterocycles. The summed E-state index contributed by atoms with van der Waals surface area (Å²) in [4.78, 5) is 25.7. The van der Waals surface area contributed by atoms with Crippen LogP contribution in [0.25, 0.3) is 0 Å². The van der Waals surface area contributed by atoms with Crippen molar-refractivity contribution in [3.05, 3.63) is 59.2 Å². The number of fused-ring (bicyclic) bond motifs is 1. The van der Waals surface area contributed by atoms with E-state index in [0.717, 1.165) is 18.7 Å². The zero-order valence-corrected chi connectivity index (χ0v) is 14.0. The number of amides is 1. The molecule has 1 aliphatic rings. The Kier molecular flexibility index (Phi) is 5.00. The van der Waals surface area contributed by atoms with E-state index in [1.54, 1.807) is 6.07 Å². The first kappa shape index (κ1) is 17.0. The SMILES string of the molecule is COCc1cc(NC(=O)CN2CCc3ccccc32)cc(C(=O)O)c1. The number of para-hydroxylation sites is 1. The second-order valence-electron chi connectivity index (χ2n) is 6.01. The van der Waals surface area contributed by atoms with Gasteiger partial charge in [-0.05, 0) is 41.8 Å². The van der Waals surface area contributed by atoms with Crippen molar-refractivity contribution in [2.45, 2.75) is 13.0 Å². The maximum Gasteiger partial charge on any atom is 0.335 e. The molecule has 130 valence electrons. The predicted molar refractivity (Wildman–Crippen MR) is 95.1 cm³/mol. The highest BCUT2D eigenvalue weighted by atomic mass is 16.5. The quantitative estimate of drug-likeness (QED) is 0.845. The van der Waals surface area contributed by atoms with E-state index in [0.29, 0.717) is 11.3 Å². The van der Waals surface area contributed by atoms with Crippen LogP contribution >= 0.6 is 0 Å². The topological polar surface area (TPSA) is 78.9 Å². The lowest BCUT2D eigenvalue weighted by Crippen LogP contribution is -2.31. The monoisotopic (exact) mass is 340 g/mol. The molecule has 25 heavy (non-hydrogen) atoms. The van der Waals surface area contributed by atoms with E-state index >= 15 is 0 Å². The Bertz CT molecular complexity index is 804. The Balaban J connectivity index is 1.72. The Morgan fingerprint density at radius 3 is 2.80 bits per heavy atom. The molecule has 0 radical (unpaired) electrons. The fourth-order valence-electron chi connectivity index (χ4n) is 3.08. The summed E-state index contributed by atoms with van der Waals surface area (Å²) in [6.07, 6.45) is 0.927. The van der Waals surface area contributed by atoms with Crippen molar-refractivity contribution >= 4 is 23.3 Å². The van der Waals surface area contributed by atoms with Crippen molar-refractivity contribution in [2.75, 3.05) is 30.4 Å². The number of aromatic carboxylic acids is 1. The van der Waals surface area contributed by atoms with E-state index in [1.165, 1.54) is 24.8 Å². The zero-order valence-electron chi connectivity index (χ0n) is 14.0. The first-order chi connectivity index (χ1) is 12.1. The molecule has 0 aliphatic carbocycles. The van der Waals surface area contributed by atoms with Gasteiger partial charge in [-0.2, -0.15) is 0 Å². The highest BCUT2D eigenvalue weighted by molar-refractivity contribution is 5.96. The minimum absolute atomic E-state index is 0.122. The number of carbonyl (C=O) groups is 2. The van der Waals surface area contributed by atoms with E-state index in [2.05, 4.69) is 11.4 Å². The first-order valence-corrected chi connectivity index (χ1v) is 8.05. The number of hydrogen-bond donors (Lipinski definition) is 2. The third kappa shape index (κ3) is 3.97. The van der Waals surface area contributed by atoms with Crippen molar-refractivity contribution in [1.82, 2.24) is 0 Å². The maximum atomic E-state index is 12.4. The smallest absolute Gasteiger partial charge is 0.335 e. The highest BCUT2D eigenvalue weighted by Gasteiger charge is 2.20. The summed E-state index contributed by atoms with van der Waals surface area (Å²) < 4.78 is 5.06. The molecule has 2 aromatic rings. The van der Waals surface area contributed by atoms with Gasteiger partial charge in [-0.15, -0.1) is 0 Å². The molecular weight excluding hydrogens is 320 g/mol. The minimum atomic E-state index is -1.04. The van der Waals surface area contributed by atoms with Gasteiger partial charge in [0, 0.05) is 25.0 Å². The summed E-state index contributed by atoms with van der Waals surface area (Å²) in [5.41, 5.74) is 3.60. The van der Waals surface area contributed by atoms with Gasteiger partial charge >= 0.3 is 5.97 Å². The number of hydrogen-bond acceptors (Lipinski definition) is 4. The summed E-state index contributed by atoms with van der Waals surface area (Å²) in [6, 6.07) is 12.8.